The zero-order valence-corrected chi connectivity index (χ0v) is 16.3. The molecule has 0 saturated carbocycles. The minimum absolute atomic E-state index is 0.119. The van der Waals surface area contributed by atoms with Crippen molar-refractivity contribution in [3.63, 3.8) is 0 Å². The fraction of sp³-hybridized carbons (Fsp3) is 0.409. The van der Waals surface area contributed by atoms with Crippen molar-refractivity contribution in [2.24, 2.45) is 0 Å². The number of likely N-dealkylation sites (tertiary alicyclic amines) is 1. The lowest BCUT2D eigenvalue weighted by molar-refractivity contribution is 0.0937. The maximum Gasteiger partial charge on any atom is 0.251 e. The number of hydrogen-bond acceptors (Lipinski definition) is 4. The van der Waals surface area contributed by atoms with Gasteiger partial charge in [-0.15, -0.1) is 0 Å². The van der Waals surface area contributed by atoms with E-state index in [-0.39, 0.29) is 11.9 Å². The van der Waals surface area contributed by atoms with Crippen LogP contribution in [-0.2, 0) is 0 Å². The lowest BCUT2D eigenvalue weighted by atomic mass is 10.0. The highest BCUT2D eigenvalue weighted by atomic mass is 16.5. The molecule has 0 spiro atoms. The van der Waals surface area contributed by atoms with Gasteiger partial charge >= 0.3 is 0 Å². The van der Waals surface area contributed by atoms with E-state index in [1.54, 1.807) is 26.4 Å². The minimum Gasteiger partial charge on any atom is -0.496 e. The second-order valence-electron chi connectivity index (χ2n) is 6.89. The summed E-state index contributed by atoms with van der Waals surface area (Å²) < 4.78 is 10.8. The van der Waals surface area contributed by atoms with Crippen molar-refractivity contribution < 1.29 is 14.3 Å². The fourth-order valence-corrected chi connectivity index (χ4v) is 3.69. The molecule has 27 heavy (non-hydrogen) atoms. The summed E-state index contributed by atoms with van der Waals surface area (Å²) in [4.78, 5) is 15.3. The predicted octanol–water partition coefficient (Wildman–Crippen LogP) is 3.58. The number of ether oxygens (including phenoxy) is 2. The van der Waals surface area contributed by atoms with Crippen molar-refractivity contribution in [1.29, 1.82) is 0 Å². The molecule has 2 aromatic rings. The van der Waals surface area contributed by atoms with Gasteiger partial charge in [-0.3, -0.25) is 9.69 Å². The van der Waals surface area contributed by atoms with Crippen LogP contribution in [0.1, 0.15) is 40.4 Å². The molecule has 1 atom stereocenters. The number of amides is 1. The van der Waals surface area contributed by atoms with Gasteiger partial charge in [0.1, 0.15) is 11.5 Å². The molecule has 5 nitrogen and oxygen atoms in total. The van der Waals surface area contributed by atoms with E-state index in [0.717, 1.165) is 18.7 Å². The van der Waals surface area contributed by atoms with Gasteiger partial charge in [0.05, 0.1) is 20.3 Å². The monoisotopic (exact) mass is 368 g/mol. The van der Waals surface area contributed by atoms with Gasteiger partial charge in [0.15, 0.2) is 0 Å². The first-order valence-electron chi connectivity index (χ1n) is 9.44. The summed E-state index contributed by atoms with van der Waals surface area (Å²) in [7, 11) is 3.20. The third-order valence-electron chi connectivity index (χ3n) is 5.24. The highest BCUT2D eigenvalue weighted by molar-refractivity contribution is 5.95. The molecular weight excluding hydrogens is 340 g/mol. The summed E-state index contributed by atoms with van der Waals surface area (Å²) >= 11 is 0. The van der Waals surface area contributed by atoms with Gasteiger partial charge in [-0.1, -0.05) is 30.3 Å². The first-order chi connectivity index (χ1) is 13.1. The second-order valence-corrected chi connectivity index (χ2v) is 6.89. The number of benzene rings is 2. The maximum atomic E-state index is 12.8. The lowest BCUT2D eigenvalue weighted by Gasteiger charge is -2.28. The second kappa shape index (κ2) is 8.91. The molecule has 1 saturated heterocycles. The third kappa shape index (κ3) is 4.42. The van der Waals surface area contributed by atoms with Crippen LogP contribution in [0.4, 0.5) is 0 Å². The largest absolute Gasteiger partial charge is 0.496 e. The molecule has 1 amide bonds. The van der Waals surface area contributed by atoms with E-state index < -0.39 is 0 Å². The van der Waals surface area contributed by atoms with Crippen molar-refractivity contribution in [3.05, 3.63) is 59.2 Å². The van der Waals surface area contributed by atoms with E-state index in [4.69, 9.17) is 9.47 Å². The van der Waals surface area contributed by atoms with E-state index in [9.17, 15) is 4.79 Å². The van der Waals surface area contributed by atoms with E-state index in [1.165, 1.54) is 18.4 Å². The summed E-state index contributed by atoms with van der Waals surface area (Å²) in [6.07, 6.45) is 2.42. The summed E-state index contributed by atoms with van der Waals surface area (Å²) in [5.74, 6) is 1.18. The van der Waals surface area contributed by atoms with Crippen molar-refractivity contribution in [2.45, 2.75) is 25.8 Å². The van der Waals surface area contributed by atoms with Crippen LogP contribution >= 0.6 is 0 Å². The summed E-state index contributed by atoms with van der Waals surface area (Å²) in [6, 6.07) is 14.1. The molecule has 0 radical (unpaired) electrons. The number of hydrogen-bond donors (Lipinski definition) is 1. The zero-order chi connectivity index (χ0) is 19.2. The Bertz CT molecular complexity index is 745. The van der Waals surface area contributed by atoms with Gasteiger partial charge in [-0.05, 0) is 50.6 Å². The molecule has 1 heterocycles. The first kappa shape index (κ1) is 19.2. The molecule has 144 valence electrons. The Kier molecular flexibility index (Phi) is 6.35. The highest BCUT2D eigenvalue weighted by Gasteiger charge is 2.24. The Labute approximate surface area is 161 Å². The molecule has 0 aliphatic carbocycles. The van der Waals surface area contributed by atoms with Crippen LogP contribution in [-0.4, -0.2) is 44.7 Å². The SMILES string of the molecule is COc1cc(C(=O)NCC(c2ccccc2)N2CCCC2)cc(OC)c1C. The Balaban J connectivity index is 1.76. The van der Waals surface area contributed by atoms with Gasteiger partial charge in [-0.2, -0.15) is 0 Å². The Morgan fingerprint density at radius 1 is 1.07 bits per heavy atom. The van der Waals surface area contributed by atoms with Gasteiger partial charge < -0.3 is 14.8 Å². The molecule has 1 fully saturated rings. The van der Waals surface area contributed by atoms with Gasteiger partial charge in [0.25, 0.3) is 5.91 Å². The van der Waals surface area contributed by atoms with Crippen LogP contribution in [0.3, 0.4) is 0 Å². The van der Waals surface area contributed by atoms with Crippen LogP contribution in [0.25, 0.3) is 0 Å². The zero-order valence-electron chi connectivity index (χ0n) is 16.3. The fourth-order valence-electron chi connectivity index (χ4n) is 3.69. The van der Waals surface area contributed by atoms with Crippen molar-refractivity contribution >= 4 is 5.91 Å². The lowest BCUT2D eigenvalue weighted by Crippen LogP contribution is -2.36. The maximum absolute atomic E-state index is 12.8. The highest BCUT2D eigenvalue weighted by Crippen LogP contribution is 2.30. The smallest absolute Gasteiger partial charge is 0.251 e. The molecule has 1 aliphatic heterocycles. The molecule has 1 aliphatic rings. The summed E-state index contributed by atoms with van der Waals surface area (Å²) in [6.45, 7) is 4.63. The Morgan fingerprint density at radius 3 is 2.22 bits per heavy atom. The van der Waals surface area contributed by atoms with Crippen LogP contribution in [0.2, 0.25) is 0 Å². The average Bonchev–Trinajstić information content (AvgIpc) is 3.23. The molecule has 1 unspecified atom stereocenters. The summed E-state index contributed by atoms with van der Waals surface area (Å²) in [5, 5.41) is 3.10. The third-order valence-corrected chi connectivity index (χ3v) is 5.24. The van der Waals surface area contributed by atoms with Crippen molar-refractivity contribution in [1.82, 2.24) is 10.2 Å². The van der Waals surface area contributed by atoms with E-state index in [2.05, 4.69) is 34.5 Å². The van der Waals surface area contributed by atoms with Crippen molar-refractivity contribution in [3.8, 4) is 11.5 Å². The Morgan fingerprint density at radius 2 is 1.67 bits per heavy atom. The quantitative estimate of drug-likeness (QED) is 0.812. The number of carbonyl (C=O) groups excluding carboxylic acids is 1. The van der Waals surface area contributed by atoms with Crippen LogP contribution in [0.15, 0.2) is 42.5 Å². The topological polar surface area (TPSA) is 50.8 Å². The van der Waals surface area contributed by atoms with Crippen LogP contribution in [0, 0.1) is 6.92 Å². The van der Waals surface area contributed by atoms with Gasteiger partial charge in [0, 0.05) is 17.7 Å². The van der Waals surface area contributed by atoms with Gasteiger partial charge in [-0.25, -0.2) is 0 Å². The standard InChI is InChI=1S/C22H28N2O3/c1-16-20(26-2)13-18(14-21(16)27-3)22(25)23-15-19(24-11-7-8-12-24)17-9-5-4-6-10-17/h4-6,9-10,13-14,19H,7-8,11-12,15H2,1-3H3,(H,23,25). The van der Waals surface area contributed by atoms with E-state index >= 15 is 0 Å². The number of carbonyl (C=O) groups is 1. The summed E-state index contributed by atoms with van der Waals surface area (Å²) in [5.41, 5.74) is 2.66. The molecule has 3 rings (SSSR count). The minimum atomic E-state index is -0.119. The van der Waals surface area contributed by atoms with Crippen LogP contribution < -0.4 is 14.8 Å². The average molecular weight is 368 g/mol. The molecule has 5 heteroatoms. The first-order valence-corrected chi connectivity index (χ1v) is 9.44. The van der Waals surface area contributed by atoms with Gasteiger partial charge in [0.2, 0.25) is 0 Å². The molecule has 2 aromatic carbocycles. The normalized spacial score (nSPS) is 15.4. The molecule has 0 bridgehead atoms. The number of methoxy groups -OCH3 is 2. The van der Waals surface area contributed by atoms with E-state index in [0.29, 0.717) is 23.6 Å². The Hall–Kier alpha value is -2.53. The molecule has 1 N–H and O–H groups in total. The van der Waals surface area contributed by atoms with Crippen LogP contribution in [0.5, 0.6) is 11.5 Å². The number of nitrogens with zero attached hydrogens (tertiary/aromatic N) is 1. The van der Waals surface area contributed by atoms with Crippen molar-refractivity contribution in [2.75, 3.05) is 33.9 Å². The molecular formula is C22H28N2O3. The predicted molar refractivity (Wildman–Crippen MR) is 107 cm³/mol. The molecule has 0 aromatic heterocycles. The van der Waals surface area contributed by atoms with E-state index in [1.807, 2.05) is 13.0 Å². The number of nitrogens with one attached hydrogen (secondary N) is 1. The number of rotatable bonds is 7.